The molecule has 2 heterocycles. The van der Waals surface area contributed by atoms with Gasteiger partial charge in [-0.3, -0.25) is 4.90 Å². The number of carboxylic acid groups (broad SMARTS) is 1. The Morgan fingerprint density at radius 2 is 2.15 bits per heavy atom. The van der Waals surface area contributed by atoms with E-state index in [1.54, 1.807) is 0 Å². The van der Waals surface area contributed by atoms with Crippen molar-refractivity contribution in [3.8, 4) is 0 Å². The second-order valence-electron chi connectivity index (χ2n) is 5.27. The van der Waals surface area contributed by atoms with Crippen LogP contribution in [0.25, 0.3) is 11.0 Å². The molecule has 3 rings (SSSR count). The summed E-state index contributed by atoms with van der Waals surface area (Å²) in [5, 5.41) is 9.44. The molecule has 0 saturated carbocycles. The van der Waals surface area contributed by atoms with E-state index < -0.39 is 11.8 Å². The first-order valence-electron chi connectivity index (χ1n) is 6.86. The molecule has 1 atom stereocenters. The monoisotopic (exact) mass is 274 g/mol. The first-order chi connectivity index (χ1) is 9.61. The van der Waals surface area contributed by atoms with Crippen LogP contribution >= 0.6 is 0 Å². The molecule has 1 aliphatic heterocycles. The number of rotatable bonds is 1. The summed E-state index contributed by atoms with van der Waals surface area (Å²) in [4.78, 5) is 20.5. The van der Waals surface area contributed by atoms with Gasteiger partial charge in [-0.05, 0) is 31.4 Å². The molecule has 0 radical (unpaired) electrons. The predicted octanol–water partition coefficient (Wildman–Crippen LogP) is 2.23. The highest BCUT2D eigenvalue weighted by Crippen LogP contribution is 2.31. The van der Waals surface area contributed by atoms with E-state index in [1.165, 1.54) is 4.90 Å². The van der Waals surface area contributed by atoms with E-state index in [1.807, 2.05) is 24.3 Å². The molecular weight excluding hydrogens is 256 g/mol. The molecule has 6 nitrogen and oxygen atoms in total. The largest absolute Gasteiger partial charge is 0.465 e. The number of amides is 1. The standard InChI is InChI=1S/C14H18N4O2/c15-14(8-4-1-5-9-18(14)13(19)20)12-16-10-6-2-3-7-11(10)17-12/h2-3,6-7H,1,4-5,8-9,15H2,(H,16,17)(H,19,20). The molecule has 1 unspecified atom stereocenters. The molecule has 1 amide bonds. The number of nitrogens with one attached hydrogen (secondary N) is 1. The van der Waals surface area contributed by atoms with Gasteiger partial charge in [-0.25, -0.2) is 9.78 Å². The van der Waals surface area contributed by atoms with E-state index in [0.29, 0.717) is 18.8 Å². The lowest BCUT2D eigenvalue weighted by Crippen LogP contribution is -2.55. The number of benzene rings is 1. The molecule has 6 heteroatoms. The van der Waals surface area contributed by atoms with Crippen LogP contribution in [0.5, 0.6) is 0 Å². The summed E-state index contributed by atoms with van der Waals surface area (Å²) < 4.78 is 0. The van der Waals surface area contributed by atoms with Gasteiger partial charge >= 0.3 is 6.09 Å². The van der Waals surface area contributed by atoms with Gasteiger partial charge in [-0.2, -0.15) is 0 Å². The zero-order chi connectivity index (χ0) is 14.2. The molecule has 1 aromatic carbocycles. The molecule has 0 spiro atoms. The highest BCUT2D eigenvalue weighted by molar-refractivity contribution is 5.75. The van der Waals surface area contributed by atoms with Gasteiger partial charge in [0.05, 0.1) is 11.0 Å². The van der Waals surface area contributed by atoms with Crippen molar-refractivity contribution >= 4 is 17.1 Å². The average molecular weight is 274 g/mol. The number of nitrogens with zero attached hydrogens (tertiary/aromatic N) is 2. The Bertz CT molecular complexity index is 606. The van der Waals surface area contributed by atoms with Crippen LogP contribution in [-0.2, 0) is 5.66 Å². The molecule has 20 heavy (non-hydrogen) atoms. The molecule has 0 bridgehead atoms. The lowest BCUT2D eigenvalue weighted by Gasteiger charge is -2.36. The Morgan fingerprint density at radius 3 is 2.90 bits per heavy atom. The fourth-order valence-electron chi connectivity index (χ4n) is 2.85. The minimum atomic E-state index is -1.07. The van der Waals surface area contributed by atoms with Gasteiger partial charge in [0.2, 0.25) is 0 Å². The number of imidazole rings is 1. The summed E-state index contributed by atoms with van der Waals surface area (Å²) in [6.07, 6.45) is 2.32. The number of aromatic nitrogens is 2. The fourth-order valence-corrected chi connectivity index (χ4v) is 2.85. The minimum Gasteiger partial charge on any atom is -0.465 e. The third-order valence-electron chi connectivity index (χ3n) is 3.95. The van der Waals surface area contributed by atoms with Crippen LogP contribution in [0.1, 0.15) is 31.5 Å². The summed E-state index contributed by atoms with van der Waals surface area (Å²) in [5.41, 5.74) is 7.06. The number of hydrogen-bond acceptors (Lipinski definition) is 3. The number of fused-ring (bicyclic) bond motifs is 1. The maximum absolute atomic E-state index is 11.5. The van der Waals surface area contributed by atoms with Crippen molar-refractivity contribution in [3.63, 3.8) is 0 Å². The zero-order valence-corrected chi connectivity index (χ0v) is 11.2. The number of nitrogens with two attached hydrogens (primary N) is 1. The summed E-state index contributed by atoms with van der Waals surface area (Å²) >= 11 is 0. The first-order valence-corrected chi connectivity index (χ1v) is 6.86. The second-order valence-corrected chi connectivity index (χ2v) is 5.27. The maximum Gasteiger partial charge on any atom is 0.409 e. The fraction of sp³-hybridized carbons (Fsp3) is 0.429. The molecule has 0 aliphatic carbocycles. The number of likely N-dealkylation sites (tertiary alicyclic amines) is 1. The Labute approximate surface area is 116 Å². The van der Waals surface area contributed by atoms with Gasteiger partial charge in [0.1, 0.15) is 5.82 Å². The van der Waals surface area contributed by atoms with Gasteiger partial charge in [0.25, 0.3) is 0 Å². The van der Waals surface area contributed by atoms with Crippen molar-refractivity contribution in [2.45, 2.75) is 31.3 Å². The Hall–Kier alpha value is -2.08. The van der Waals surface area contributed by atoms with Crippen LogP contribution < -0.4 is 5.73 Å². The number of carbonyl (C=O) groups is 1. The van der Waals surface area contributed by atoms with Crippen molar-refractivity contribution in [1.29, 1.82) is 0 Å². The molecule has 1 aromatic heterocycles. The SMILES string of the molecule is NC1(c2nc3ccccc3[nH]2)CCCCCN1C(=O)O. The third-order valence-corrected chi connectivity index (χ3v) is 3.95. The van der Waals surface area contributed by atoms with E-state index in [-0.39, 0.29) is 0 Å². The van der Waals surface area contributed by atoms with Crippen LogP contribution in [0.3, 0.4) is 0 Å². The van der Waals surface area contributed by atoms with E-state index in [2.05, 4.69) is 9.97 Å². The summed E-state index contributed by atoms with van der Waals surface area (Å²) in [6.45, 7) is 0.447. The lowest BCUT2D eigenvalue weighted by molar-refractivity contribution is 0.0721. The van der Waals surface area contributed by atoms with Crippen LogP contribution in [0, 0.1) is 0 Å². The van der Waals surface area contributed by atoms with Crippen molar-refractivity contribution in [2.24, 2.45) is 5.73 Å². The van der Waals surface area contributed by atoms with Crippen LogP contribution in [0.15, 0.2) is 24.3 Å². The van der Waals surface area contributed by atoms with Crippen molar-refractivity contribution in [1.82, 2.24) is 14.9 Å². The van der Waals surface area contributed by atoms with Gasteiger partial charge in [0, 0.05) is 6.54 Å². The summed E-state index contributed by atoms with van der Waals surface area (Å²) in [7, 11) is 0. The Kier molecular flexibility index (Phi) is 3.10. The maximum atomic E-state index is 11.5. The molecule has 2 aromatic rings. The predicted molar refractivity (Wildman–Crippen MR) is 75.2 cm³/mol. The van der Waals surface area contributed by atoms with Gasteiger partial charge in [-0.15, -0.1) is 0 Å². The number of aromatic amines is 1. The highest BCUT2D eigenvalue weighted by Gasteiger charge is 2.41. The van der Waals surface area contributed by atoms with Crippen molar-refractivity contribution in [3.05, 3.63) is 30.1 Å². The second kappa shape index (κ2) is 4.79. The van der Waals surface area contributed by atoms with Gasteiger partial charge in [-0.1, -0.05) is 18.6 Å². The molecule has 1 aliphatic rings. The molecule has 1 saturated heterocycles. The summed E-state index contributed by atoms with van der Waals surface area (Å²) in [6, 6.07) is 7.62. The number of H-pyrrole nitrogens is 1. The van der Waals surface area contributed by atoms with Gasteiger partial charge < -0.3 is 15.8 Å². The number of hydrogen-bond donors (Lipinski definition) is 3. The van der Waals surface area contributed by atoms with E-state index >= 15 is 0 Å². The minimum absolute atomic E-state index is 0.447. The molecule has 1 fully saturated rings. The Balaban J connectivity index is 2.08. The van der Waals surface area contributed by atoms with Crippen molar-refractivity contribution < 1.29 is 9.90 Å². The van der Waals surface area contributed by atoms with E-state index in [9.17, 15) is 9.90 Å². The zero-order valence-electron chi connectivity index (χ0n) is 11.2. The Morgan fingerprint density at radius 1 is 1.35 bits per heavy atom. The van der Waals surface area contributed by atoms with E-state index in [4.69, 9.17) is 5.73 Å². The lowest BCUT2D eigenvalue weighted by atomic mass is 10.0. The van der Waals surface area contributed by atoms with E-state index in [0.717, 1.165) is 30.3 Å². The summed E-state index contributed by atoms with van der Waals surface area (Å²) in [5.74, 6) is 0.531. The smallest absolute Gasteiger partial charge is 0.409 e. The van der Waals surface area contributed by atoms with Gasteiger partial charge in [0.15, 0.2) is 5.66 Å². The molecular formula is C14H18N4O2. The molecule has 106 valence electrons. The van der Waals surface area contributed by atoms with Crippen LogP contribution in [0.4, 0.5) is 4.79 Å². The topological polar surface area (TPSA) is 95.2 Å². The van der Waals surface area contributed by atoms with Crippen LogP contribution in [-0.4, -0.2) is 32.6 Å². The van der Waals surface area contributed by atoms with Crippen molar-refractivity contribution in [2.75, 3.05) is 6.54 Å². The van der Waals surface area contributed by atoms with Crippen LogP contribution in [0.2, 0.25) is 0 Å². The highest BCUT2D eigenvalue weighted by atomic mass is 16.4. The normalized spacial score (nSPS) is 23.8. The number of para-hydroxylation sites is 2. The third kappa shape index (κ3) is 2.02. The quantitative estimate of drug-likeness (QED) is 0.743. The average Bonchev–Trinajstić information content (AvgIpc) is 2.76. The first kappa shape index (κ1) is 12.9. The molecule has 4 N–H and O–H groups in total.